The molecular weight excluding hydrogens is 326 g/mol. The van der Waals surface area contributed by atoms with Crippen molar-refractivity contribution < 1.29 is 0 Å². The molecule has 3 rings (SSSR count). The van der Waals surface area contributed by atoms with Crippen molar-refractivity contribution in [3.63, 3.8) is 0 Å². The van der Waals surface area contributed by atoms with E-state index in [2.05, 4.69) is 25.9 Å². The molecule has 1 aromatic carbocycles. The predicted molar refractivity (Wildman–Crippen MR) is 79.5 cm³/mol. The van der Waals surface area contributed by atoms with Crippen LogP contribution in [0.2, 0.25) is 5.02 Å². The summed E-state index contributed by atoms with van der Waals surface area (Å²) >= 11 is 9.41. The largest absolute Gasteiger partial charge is 0.283 e. The van der Waals surface area contributed by atoms with Crippen LogP contribution in [0, 0.1) is 0 Å². The summed E-state index contributed by atoms with van der Waals surface area (Å²) in [7, 11) is 0. The molecule has 2 heterocycles. The summed E-state index contributed by atoms with van der Waals surface area (Å²) in [4.78, 5) is 8.57. The van der Waals surface area contributed by atoms with Gasteiger partial charge >= 0.3 is 0 Å². The smallest absolute Gasteiger partial charge is 0.138 e. The molecule has 0 bridgehead atoms. The normalized spacial score (nSPS) is 10.6. The van der Waals surface area contributed by atoms with E-state index in [-0.39, 0.29) is 0 Å². The number of rotatable bonds is 2. The van der Waals surface area contributed by atoms with Crippen molar-refractivity contribution in [2.45, 2.75) is 0 Å². The van der Waals surface area contributed by atoms with E-state index in [1.165, 1.54) is 0 Å². The van der Waals surface area contributed by atoms with Gasteiger partial charge in [0.2, 0.25) is 0 Å². The van der Waals surface area contributed by atoms with Crippen molar-refractivity contribution in [3.8, 4) is 17.1 Å². The van der Waals surface area contributed by atoms with Gasteiger partial charge in [-0.25, -0.2) is 9.97 Å². The molecule has 19 heavy (non-hydrogen) atoms. The van der Waals surface area contributed by atoms with Crippen molar-refractivity contribution >= 4 is 27.5 Å². The molecule has 0 saturated heterocycles. The number of pyridine rings is 1. The minimum absolute atomic E-state index is 0.703. The van der Waals surface area contributed by atoms with Gasteiger partial charge in [-0.2, -0.15) is 0 Å². The molecule has 94 valence electrons. The molecule has 0 aliphatic carbocycles. The van der Waals surface area contributed by atoms with Crippen LogP contribution < -0.4 is 0 Å². The third-order valence-electron chi connectivity index (χ3n) is 2.72. The fourth-order valence-electron chi connectivity index (χ4n) is 1.85. The molecule has 0 spiro atoms. The van der Waals surface area contributed by atoms with Crippen LogP contribution in [0.4, 0.5) is 0 Å². The summed E-state index contributed by atoms with van der Waals surface area (Å²) in [6.45, 7) is 0. The zero-order valence-corrected chi connectivity index (χ0v) is 12.1. The Bertz CT molecular complexity index is 707. The Hall–Kier alpha value is -1.65. The van der Waals surface area contributed by atoms with Gasteiger partial charge in [0.15, 0.2) is 0 Å². The first-order valence-corrected chi connectivity index (χ1v) is 6.81. The Balaban J connectivity index is 2.10. The number of benzene rings is 1. The first kappa shape index (κ1) is 12.4. The maximum Gasteiger partial charge on any atom is 0.138 e. The summed E-state index contributed by atoms with van der Waals surface area (Å²) in [5.41, 5.74) is 1.96. The lowest BCUT2D eigenvalue weighted by molar-refractivity contribution is 0.997. The molecule has 0 amide bonds. The van der Waals surface area contributed by atoms with Crippen LogP contribution in [-0.4, -0.2) is 14.5 Å². The maximum absolute atomic E-state index is 6.03. The predicted octanol–water partition coefficient (Wildman–Crippen LogP) is 4.35. The summed E-state index contributed by atoms with van der Waals surface area (Å²) in [5.74, 6) is 0.815. The fraction of sp³-hybridized carbons (Fsp3) is 0. The molecule has 0 aliphatic rings. The van der Waals surface area contributed by atoms with E-state index < -0.39 is 0 Å². The quantitative estimate of drug-likeness (QED) is 0.697. The van der Waals surface area contributed by atoms with Crippen molar-refractivity contribution in [3.05, 3.63) is 64.6 Å². The second-order valence-corrected chi connectivity index (χ2v) is 5.35. The van der Waals surface area contributed by atoms with Crippen molar-refractivity contribution in [2.24, 2.45) is 0 Å². The first-order chi connectivity index (χ1) is 9.24. The molecule has 0 atom stereocenters. The highest BCUT2D eigenvalue weighted by Gasteiger charge is 2.08. The topological polar surface area (TPSA) is 30.7 Å². The van der Waals surface area contributed by atoms with Gasteiger partial charge in [0.05, 0.1) is 11.9 Å². The zero-order chi connectivity index (χ0) is 13.2. The van der Waals surface area contributed by atoms with Crippen LogP contribution in [0.1, 0.15) is 0 Å². The monoisotopic (exact) mass is 333 g/mol. The number of hydrogen-bond donors (Lipinski definition) is 0. The molecule has 0 saturated carbocycles. The number of aromatic nitrogens is 3. The van der Waals surface area contributed by atoms with Crippen molar-refractivity contribution in [2.75, 3.05) is 0 Å². The molecule has 0 aliphatic heterocycles. The third-order valence-corrected chi connectivity index (χ3v) is 3.42. The molecule has 0 N–H and O–H groups in total. The minimum Gasteiger partial charge on any atom is -0.283 e. The van der Waals surface area contributed by atoms with Crippen LogP contribution in [0.15, 0.2) is 59.6 Å². The summed E-state index contributed by atoms with van der Waals surface area (Å²) < 4.78 is 2.87. The van der Waals surface area contributed by atoms with E-state index in [1.54, 1.807) is 18.7 Å². The van der Waals surface area contributed by atoms with Gasteiger partial charge in [-0.05, 0) is 40.2 Å². The second kappa shape index (κ2) is 5.15. The highest BCUT2D eigenvalue weighted by atomic mass is 79.9. The third kappa shape index (κ3) is 2.55. The van der Waals surface area contributed by atoms with Gasteiger partial charge in [-0.3, -0.25) is 4.57 Å². The van der Waals surface area contributed by atoms with E-state index >= 15 is 0 Å². The number of imidazole rings is 1. The Morgan fingerprint density at radius 2 is 2.00 bits per heavy atom. The second-order valence-electron chi connectivity index (χ2n) is 3.99. The number of halogens is 2. The van der Waals surface area contributed by atoms with Crippen LogP contribution in [0.3, 0.4) is 0 Å². The van der Waals surface area contributed by atoms with Crippen LogP contribution >= 0.6 is 27.5 Å². The lowest BCUT2D eigenvalue weighted by Crippen LogP contribution is -1.97. The van der Waals surface area contributed by atoms with Gasteiger partial charge in [0, 0.05) is 21.3 Å². The number of hydrogen-bond acceptors (Lipinski definition) is 2. The molecule has 5 heteroatoms. The van der Waals surface area contributed by atoms with Gasteiger partial charge in [0.1, 0.15) is 12.1 Å². The fourth-order valence-corrected chi connectivity index (χ4v) is 2.27. The van der Waals surface area contributed by atoms with Gasteiger partial charge in [-0.15, -0.1) is 0 Å². The van der Waals surface area contributed by atoms with Crippen molar-refractivity contribution in [1.82, 2.24) is 14.5 Å². The molecule has 0 radical (unpaired) electrons. The lowest BCUT2D eigenvalue weighted by atomic mass is 10.2. The average Bonchev–Trinajstić information content (AvgIpc) is 2.89. The summed E-state index contributed by atoms with van der Waals surface area (Å²) in [6.07, 6.45) is 5.30. The molecule has 2 aromatic heterocycles. The van der Waals surface area contributed by atoms with E-state index in [0.29, 0.717) is 5.02 Å². The first-order valence-electron chi connectivity index (χ1n) is 5.64. The molecule has 0 fully saturated rings. The van der Waals surface area contributed by atoms with Crippen LogP contribution in [0.25, 0.3) is 17.1 Å². The van der Waals surface area contributed by atoms with Gasteiger partial charge in [-0.1, -0.05) is 23.7 Å². The van der Waals surface area contributed by atoms with Gasteiger partial charge < -0.3 is 0 Å². The van der Waals surface area contributed by atoms with E-state index in [1.807, 2.05) is 41.0 Å². The van der Waals surface area contributed by atoms with Crippen LogP contribution in [0.5, 0.6) is 0 Å². The Labute approximate surface area is 124 Å². The lowest BCUT2D eigenvalue weighted by Gasteiger charge is -2.07. The Morgan fingerprint density at radius 3 is 2.74 bits per heavy atom. The van der Waals surface area contributed by atoms with E-state index in [9.17, 15) is 0 Å². The molecular formula is C14H9BrClN3. The minimum atomic E-state index is 0.703. The molecule has 3 aromatic rings. The number of nitrogens with zero attached hydrogens (tertiary/aromatic N) is 3. The highest BCUT2D eigenvalue weighted by Crippen LogP contribution is 2.24. The maximum atomic E-state index is 6.03. The Kier molecular flexibility index (Phi) is 3.36. The summed E-state index contributed by atoms with van der Waals surface area (Å²) in [5, 5.41) is 0.703. The summed E-state index contributed by atoms with van der Waals surface area (Å²) in [6, 6.07) is 11.6. The molecule has 0 unspecified atom stereocenters. The van der Waals surface area contributed by atoms with E-state index in [0.717, 1.165) is 21.5 Å². The van der Waals surface area contributed by atoms with E-state index in [4.69, 9.17) is 11.6 Å². The highest BCUT2D eigenvalue weighted by molar-refractivity contribution is 9.10. The standard InChI is InChI=1S/C14H9BrClN3/c15-11-4-5-14(18-7-11)19-9-17-8-13(19)10-2-1-3-12(16)6-10/h1-9H. The van der Waals surface area contributed by atoms with Gasteiger partial charge in [0.25, 0.3) is 0 Å². The van der Waals surface area contributed by atoms with Crippen molar-refractivity contribution in [1.29, 1.82) is 0 Å². The SMILES string of the molecule is Clc1cccc(-c2cncn2-c2ccc(Br)cn2)c1. The molecule has 3 nitrogen and oxygen atoms in total. The Morgan fingerprint density at radius 1 is 1.11 bits per heavy atom. The zero-order valence-electron chi connectivity index (χ0n) is 9.79. The average molecular weight is 335 g/mol. The van der Waals surface area contributed by atoms with Crippen LogP contribution in [-0.2, 0) is 0 Å².